The molecule has 27 heavy (non-hydrogen) atoms. The monoisotopic (exact) mass is 374 g/mol. The molecule has 0 atom stereocenters. The van der Waals surface area contributed by atoms with E-state index in [0.717, 1.165) is 37.9 Å². The molecule has 1 amide bonds. The molecule has 0 aliphatic carbocycles. The predicted octanol–water partition coefficient (Wildman–Crippen LogP) is 0.433. The van der Waals surface area contributed by atoms with Crippen molar-refractivity contribution in [1.82, 2.24) is 30.0 Å². The van der Waals surface area contributed by atoms with E-state index in [1.807, 2.05) is 30.3 Å². The third-order valence-electron chi connectivity index (χ3n) is 4.48. The first kappa shape index (κ1) is 19.2. The Hall–Kier alpha value is -2.52. The van der Waals surface area contributed by atoms with Crippen molar-refractivity contribution < 1.29 is 14.3 Å². The Morgan fingerprint density at radius 3 is 2.81 bits per heavy atom. The predicted molar refractivity (Wildman–Crippen MR) is 98.1 cm³/mol. The van der Waals surface area contributed by atoms with Crippen LogP contribution in [0.3, 0.4) is 0 Å². The quantitative estimate of drug-likeness (QED) is 0.629. The van der Waals surface area contributed by atoms with Gasteiger partial charge in [-0.3, -0.25) is 9.69 Å². The SMILES string of the molecule is CN(CCOc1ccccc1)C(=O)CCn1nnnc1CN1CCOCC1. The Balaban J connectivity index is 1.40. The molecule has 3 rings (SSSR count). The Kier molecular flexibility index (Phi) is 7.11. The summed E-state index contributed by atoms with van der Waals surface area (Å²) in [6, 6.07) is 9.58. The van der Waals surface area contributed by atoms with Gasteiger partial charge in [-0.05, 0) is 22.6 Å². The van der Waals surface area contributed by atoms with Crippen molar-refractivity contribution in [2.45, 2.75) is 19.5 Å². The lowest BCUT2D eigenvalue weighted by atomic mass is 10.3. The maximum Gasteiger partial charge on any atom is 0.224 e. The molecule has 0 N–H and O–H groups in total. The molecule has 2 heterocycles. The highest BCUT2D eigenvalue weighted by Gasteiger charge is 2.16. The molecular formula is C18H26N6O3. The summed E-state index contributed by atoms with van der Waals surface area (Å²) < 4.78 is 12.7. The Bertz CT molecular complexity index is 702. The van der Waals surface area contributed by atoms with Crippen molar-refractivity contribution in [3.05, 3.63) is 36.2 Å². The van der Waals surface area contributed by atoms with Gasteiger partial charge in [-0.1, -0.05) is 18.2 Å². The number of nitrogens with zero attached hydrogens (tertiary/aromatic N) is 6. The standard InChI is InChI=1S/C18H26N6O3/c1-22(9-14-27-16-5-3-2-4-6-16)18(25)7-8-24-17(19-20-21-24)15-23-10-12-26-13-11-23/h2-6H,7-15H2,1H3. The van der Waals surface area contributed by atoms with Crippen molar-refractivity contribution >= 4 is 5.91 Å². The van der Waals surface area contributed by atoms with E-state index in [0.29, 0.717) is 32.7 Å². The third-order valence-corrected chi connectivity index (χ3v) is 4.48. The highest BCUT2D eigenvalue weighted by atomic mass is 16.5. The first-order valence-electron chi connectivity index (χ1n) is 9.19. The molecule has 0 unspecified atom stereocenters. The van der Waals surface area contributed by atoms with E-state index in [2.05, 4.69) is 20.4 Å². The van der Waals surface area contributed by atoms with Crippen LogP contribution in [0, 0.1) is 0 Å². The van der Waals surface area contributed by atoms with E-state index in [4.69, 9.17) is 9.47 Å². The van der Waals surface area contributed by atoms with Gasteiger partial charge in [0.15, 0.2) is 5.82 Å². The molecule has 9 heteroatoms. The number of aromatic nitrogens is 4. The molecule has 0 radical (unpaired) electrons. The number of tetrazole rings is 1. The molecule has 1 aromatic heterocycles. The zero-order chi connectivity index (χ0) is 18.9. The van der Waals surface area contributed by atoms with Gasteiger partial charge in [0.1, 0.15) is 12.4 Å². The van der Waals surface area contributed by atoms with Crippen molar-refractivity contribution in [2.75, 3.05) is 46.5 Å². The number of carbonyl (C=O) groups is 1. The molecule has 1 saturated heterocycles. The van der Waals surface area contributed by atoms with Crippen LogP contribution in [0.4, 0.5) is 0 Å². The molecule has 0 saturated carbocycles. The summed E-state index contributed by atoms with van der Waals surface area (Å²) in [7, 11) is 1.78. The lowest BCUT2D eigenvalue weighted by Crippen LogP contribution is -2.36. The van der Waals surface area contributed by atoms with Crippen LogP contribution in [0.5, 0.6) is 5.75 Å². The maximum atomic E-state index is 12.3. The molecule has 146 valence electrons. The van der Waals surface area contributed by atoms with Crippen LogP contribution < -0.4 is 4.74 Å². The minimum absolute atomic E-state index is 0.0412. The summed E-state index contributed by atoms with van der Waals surface area (Å²) in [4.78, 5) is 16.3. The number of aryl methyl sites for hydroxylation is 1. The second kappa shape index (κ2) is 9.98. The lowest BCUT2D eigenvalue weighted by Gasteiger charge is -2.25. The van der Waals surface area contributed by atoms with Crippen molar-refractivity contribution in [3.8, 4) is 5.75 Å². The number of benzene rings is 1. The molecule has 1 aliphatic rings. The fourth-order valence-electron chi connectivity index (χ4n) is 2.80. The highest BCUT2D eigenvalue weighted by molar-refractivity contribution is 5.75. The average molecular weight is 374 g/mol. The number of morpholine rings is 1. The van der Waals surface area contributed by atoms with Crippen LogP contribution in [0.15, 0.2) is 30.3 Å². The molecule has 9 nitrogen and oxygen atoms in total. The summed E-state index contributed by atoms with van der Waals surface area (Å²) in [6.07, 6.45) is 0.350. The molecule has 0 spiro atoms. The summed E-state index contributed by atoms with van der Waals surface area (Å²) in [5.74, 6) is 1.62. The van der Waals surface area contributed by atoms with Crippen LogP contribution in [-0.4, -0.2) is 82.4 Å². The van der Waals surface area contributed by atoms with E-state index in [1.165, 1.54) is 0 Å². The second-order valence-electron chi connectivity index (χ2n) is 6.43. The van der Waals surface area contributed by atoms with Crippen molar-refractivity contribution in [3.63, 3.8) is 0 Å². The number of amides is 1. The summed E-state index contributed by atoms with van der Waals surface area (Å²) >= 11 is 0. The zero-order valence-electron chi connectivity index (χ0n) is 15.7. The normalized spacial score (nSPS) is 14.9. The topological polar surface area (TPSA) is 85.6 Å². The Morgan fingerprint density at radius 2 is 2.04 bits per heavy atom. The van der Waals surface area contributed by atoms with Gasteiger partial charge in [0, 0.05) is 26.6 Å². The number of ether oxygens (including phenoxy) is 2. The molecular weight excluding hydrogens is 348 g/mol. The largest absolute Gasteiger partial charge is 0.492 e. The van der Waals surface area contributed by atoms with E-state index in [-0.39, 0.29) is 5.91 Å². The average Bonchev–Trinajstić information content (AvgIpc) is 3.14. The summed E-state index contributed by atoms with van der Waals surface area (Å²) in [5, 5.41) is 11.9. The molecule has 2 aromatic rings. The number of hydrogen-bond acceptors (Lipinski definition) is 7. The van der Waals surface area contributed by atoms with Crippen LogP contribution in [0.2, 0.25) is 0 Å². The fraction of sp³-hybridized carbons (Fsp3) is 0.556. The number of hydrogen-bond donors (Lipinski definition) is 0. The molecule has 1 fully saturated rings. The van der Waals surface area contributed by atoms with Gasteiger partial charge in [0.2, 0.25) is 5.91 Å². The van der Waals surface area contributed by atoms with Crippen LogP contribution in [0.25, 0.3) is 0 Å². The van der Waals surface area contributed by atoms with Gasteiger partial charge in [0.05, 0.1) is 32.8 Å². The van der Waals surface area contributed by atoms with E-state index >= 15 is 0 Å². The first-order chi connectivity index (χ1) is 13.2. The van der Waals surface area contributed by atoms with Gasteiger partial charge in [-0.2, -0.15) is 0 Å². The van der Waals surface area contributed by atoms with Gasteiger partial charge in [-0.25, -0.2) is 4.68 Å². The van der Waals surface area contributed by atoms with Gasteiger partial charge in [0.25, 0.3) is 0 Å². The minimum atomic E-state index is 0.0412. The van der Waals surface area contributed by atoms with Crippen molar-refractivity contribution in [1.29, 1.82) is 0 Å². The number of rotatable bonds is 9. The Morgan fingerprint density at radius 1 is 1.26 bits per heavy atom. The molecule has 1 aliphatic heterocycles. The van der Waals surface area contributed by atoms with E-state index in [9.17, 15) is 4.79 Å². The summed E-state index contributed by atoms with van der Waals surface area (Å²) in [5.41, 5.74) is 0. The molecule has 0 bridgehead atoms. The van der Waals surface area contributed by atoms with Gasteiger partial charge >= 0.3 is 0 Å². The third kappa shape index (κ3) is 6.00. The molecule has 1 aromatic carbocycles. The van der Waals surface area contributed by atoms with Gasteiger partial charge in [-0.15, -0.1) is 5.10 Å². The Labute approximate surface area is 158 Å². The van der Waals surface area contributed by atoms with Crippen molar-refractivity contribution in [2.24, 2.45) is 0 Å². The lowest BCUT2D eigenvalue weighted by molar-refractivity contribution is -0.130. The number of para-hydroxylation sites is 1. The van der Waals surface area contributed by atoms with Crippen LogP contribution >= 0.6 is 0 Å². The van der Waals surface area contributed by atoms with Crippen LogP contribution in [-0.2, 0) is 22.6 Å². The minimum Gasteiger partial charge on any atom is -0.492 e. The number of likely N-dealkylation sites (N-methyl/N-ethyl adjacent to an activating group) is 1. The van der Waals surface area contributed by atoms with E-state index < -0.39 is 0 Å². The second-order valence-corrected chi connectivity index (χ2v) is 6.43. The smallest absolute Gasteiger partial charge is 0.224 e. The fourth-order valence-corrected chi connectivity index (χ4v) is 2.80. The van der Waals surface area contributed by atoms with Crippen LogP contribution in [0.1, 0.15) is 12.2 Å². The van der Waals surface area contributed by atoms with E-state index in [1.54, 1.807) is 16.6 Å². The number of carbonyl (C=O) groups excluding carboxylic acids is 1. The highest BCUT2D eigenvalue weighted by Crippen LogP contribution is 2.08. The first-order valence-corrected chi connectivity index (χ1v) is 9.19. The zero-order valence-corrected chi connectivity index (χ0v) is 15.7. The summed E-state index contributed by atoms with van der Waals surface area (Å²) in [6.45, 7) is 5.34. The van der Waals surface area contributed by atoms with Gasteiger partial charge < -0.3 is 14.4 Å². The maximum absolute atomic E-state index is 12.3.